The molecule has 0 bridgehead atoms. The van der Waals surface area contributed by atoms with Crippen molar-refractivity contribution in [1.82, 2.24) is 10.3 Å². The maximum absolute atomic E-state index is 12.7. The lowest BCUT2D eigenvalue weighted by molar-refractivity contribution is -0.0809. The van der Waals surface area contributed by atoms with E-state index in [2.05, 4.69) is 24.1 Å². The summed E-state index contributed by atoms with van der Waals surface area (Å²) in [6.45, 7) is 5.55. The number of carbonyl (C=O) groups excluding carboxylic acids is 1. The monoisotopic (exact) mass is 328 g/mol. The molecule has 2 aromatic rings. The van der Waals surface area contributed by atoms with Crippen molar-refractivity contribution in [3.63, 3.8) is 0 Å². The second-order valence-corrected chi connectivity index (χ2v) is 7.04. The van der Waals surface area contributed by atoms with Crippen molar-refractivity contribution in [2.45, 2.75) is 32.4 Å². The van der Waals surface area contributed by atoms with E-state index in [4.69, 9.17) is 9.47 Å². The average molecular weight is 328 g/mol. The highest BCUT2D eigenvalue weighted by Gasteiger charge is 2.54. The van der Waals surface area contributed by atoms with Gasteiger partial charge in [-0.1, -0.05) is 0 Å². The minimum absolute atomic E-state index is 0.00777. The zero-order valence-corrected chi connectivity index (χ0v) is 14.4. The highest BCUT2D eigenvalue weighted by atomic mass is 16.5. The lowest BCUT2D eigenvalue weighted by Gasteiger charge is -2.47. The van der Waals surface area contributed by atoms with Crippen molar-refractivity contribution in [2.24, 2.45) is 11.8 Å². The Morgan fingerprint density at radius 3 is 3.04 bits per heavy atom. The SMILES string of the molecule is COC[C@@H]1[C@H](NC(=O)c2ccc3[nH]c(C)c(C)c3c2)[C@@H]2CCO[C@H]12. The third kappa shape index (κ3) is 2.34. The zero-order chi connectivity index (χ0) is 16.8. The molecule has 2 heterocycles. The standard InChI is InChI=1S/C19H24N2O3/c1-10-11(2)20-16-5-4-12(8-14(10)16)19(22)21-17-13-6-7-24-18(13)15(17)9-23-3/h4-5,8,13,15,17-18,20H,6-7,9H2,1-3H3,(H,21,22)/t13-,15+,17+,18-/m0/s1. The number of nitrogens with one attached hydrogen (secondary N) is 2. The number of fused-ring (bicyclic) bond motifs is 2. The number of ether oxygens (including phenoxy) is 2. The van der Waals surface area contributed by atoms with Gasteiger partial charge in [0.05, 0.1) is 12.7 Å². The average Bonchev–Trinajstić information content (AvgIpc) is 3.12. The summed E-state index contributed by atoms with van der Waals surface area (Å²) in [5.41, 5.74) is 4.13. The summed E-state index contributed by atoms with van der Waals surface area (Å²) in [4.78, 5) is 16.1. The van der Waals surface area contributed by atoms with Crippen molar-refractivity contribution in [3.8, 4) is 0 Å². The molecule has 2 aliphatic rings. The number of rotatable bonds is 4. The summed E-state index contributed by atoms with van der Waals surface area (Å²) in [5.74, 6) is 0.673. The smallest absolute Gasteiger partial charge is 0.251 e. The Morgan fingerprint density at radius 1 is 1.42 bits per heavy atom. The fraction of sp³-hybridized carbons (Fsp3) is 0.526. The largest absolute Gasteiger partial charge is 0.384 e. The lowest BCUT2D eigenvalue weighted by atomic mass is 9.67. The topological polar surface area (TPSA) is 63.3 Å². The Morgan fingerprint density at radius 2 is 2.25 bits per heavy atom. The van der Waals surface area contributed by atoms with E-state index >= 15 is 0 Å². The van der Waals surface area contributed by atoms with Gasteiger partial charge in [0, 0.05) is 53.8 Å². The van der Waals surface area contributed by atoms with E-state index in [1.54, 1.807) is 7.11 Å². The first kappa shape index (κ1) is 15.7. The molecule has 0 radical (unpaired) electrons. The molecule has 1 saturated carbocycles. The molecule has 1 aliphatic carbocycles. The molecule has 4 atom stereocenters. The van der Waals surface area contributed by atoms with Crippen LogP contribution in [0.4, 0.5) is 0 Å². The molecule has 5 heteroatoms. The molecule has 0 spiro atoms. The lowest BCUT2D eigenvalue weighted by Crippen LogP contribution is -2.62. The van der Waals surface area contributed by atoms with Gasteiger partial charge in [0.1, 0.15) is 0 Å². The van der Waals surface area contributed by atoms with Gasteiger partial charge in [-0.3, -0.25) is 4.79 Å². The van der Waals surface area contributed by atoms with Gasteiger partial charge >= 0.3 is 0 Å². The summed E-state index contributed by atoms with van der Waals surface area (Å²) < 4.78 is 11.1. The highest BCUT2D eigenvalue weighted by Crippen LogP contribution is 2.43. The van der Waals surface area contributed by atoms with Crippen LogP contribution >= 0.6 is 0 Å². The summed E-state index contributed by atoms with van der Waals surface area (Å²) in [6.07, 6.45) is 1.26. The fourth-order valence-electron chi connectivity index (χ4n) is 4.27. The minimum atomic E-state index is -0.00777. The predicted octanol–water partition coefficient (Wildman–Crippen LogP) is 2.56. The number of aryl methyl sites for hydroxylation is 2. The van der Waals surface area contributed by atoms with E-state index in [0.29, 0.717) is 18.1 Å². The van der Waals surface area contributed by atoms with Gasteiger partial charge in [0.15, 0.2) is 0 Å². The number of amides is 1. The van der Waals surface area contributed by atoms with E-state index in [-0.39, 0.29) is 24.0 Å². The molecular formula is C19H24N2O3. The molecular weight excluding hydrogens is 304 g/mol. The van der Waals surface area contributed by atoms with Crippen LogP contribution in [0.3, 0.4) is 0 Å². The van der Waals surface area contributed by atoms with Crippen LogP contribution in [0.2, 0.25) is 0 Å². The number of carbonyl (C=O) groups is 1. The summed E-state index contributed by atoms with van der Waals surface area (Å²) in [6, 6.07) is 6.00. The van der Waals surface area contributed by atoms with Crippen LogP contribution in [-0.2, 0) is 9.47 Å². The van der Waals surface area contributed by atoms with Gasteiger partial charge in [-0.05, 0) is 44.0 Å². The van der Waals surface area contributed by atoms with Gasteiger partial charge < -0.3 is 19.8 Å². The van der Waals surface area contributed by atoms with Crippen LogP contribution in [0, 0.1) is 25.7 Å². The van der Waals surface area contributed by atoms with Crippen LogP contribution < -0.4 is 5.32 Å². The molecule has 1 aliphatic heterocycles. The van der Waals surface area contributed by atoms with E-state index in [0.717, 1.165) is 29.6 Å². The molecule has 1 aromatic carbocycles. The first-order valence-corrected chi connectivity index (χ1v) is 8.60. The number of aromatic amines is 1. The first-order valence-electron chi connectivity index (χ1n) is 8.60. The highest BCUT2D eigenvalue weighted by molar-refractivity contribution is 5.99. The number of hydrogen-bond acceptors (Lipinski definition) is 3. The van der Waals surface area contributed by atoms with Gasteiger partial charge in [0.2, 0.25) is 0 Å². The van der Waals surface area contributed by atoms with Gasteiger partial charge in [-0.15, -0.1) is 0 Å². The van der Waals surface area contributed by atoms with Gasteiger partial charge in [-0.2, -0.15) is 0 Å². The zero-order valence-electron chi connectivity index (χ0n) is 14.4. The van der Waals surface area contributed by atoms with Gasteiger partial charge in [0.25, 0.3) is 5.91 Å². The van der Waals surface area contributed by atoms with Crippen molar-refractivity contribution in [3.05, 3.63) is 35.0 Å². The summed E-state index contributed by atoms with van der Waals surface area (Å²) in [7, 11) is 1.70. The Kier molecular flexibility index (Phi) is 3.85. The molecule has 0 unspecified atom stereocenters. The Bertz CT molecular complexity index is 782. The Balaban J connectivity index is 1.54. The number of benzene rings is 1. The second-order valence-electron chi connectivity index (χ2n) is 7.04. The fourth-order valence-corrected chi connectivity index (χ4v) is 4.27. The Hall–Kier alpha value is -1.85. The van der Waals surface area contributed by atoms with Crippen LogP contribution in [0.15, 0.2) is 18.2 Å². The molecule has 2 N–H and O–H groups in total. The molecule has 24 heavy (non-hydrogen) atoms. The van der Waals surface area contributed by atoms with Crippen molar-refractivity contribution < 1.29 is 14.3 Å². The van der Waals surface area contributed by atoms with Crippen LogP contribution in [0.5, 0.6) is 0 Å². The third-order valence-electron chi connectivity index (χ3n) is 5.76. The predicted molar refractivity (Wildman–Crippen MR) is 92.2 cm³/mol. The van der Waals surface area contributed by atoms with Crippen molar-refractivity contribution >= 4 is 16.8 Å². The van der Waals surface area contributed by atoms with Crippen LogP contribution in [-0.4, -0.2) is 43.4 Å². The van der Waals surface area contributed by atoms with Crippen molar-refractivity contribution in [1.29, 1.82) is 0 Å². The first-order chi connectivity index (χ1) is 11.6. The molecule has 1 saturated heterocycles. The quantitative estimate of drug-likeness (QED) is 0.907. The maximum atomic E-state index is 12.7. The minimum Gasteiger partial charge on any atom is -0.384 e. The van der Waals surface area contributed by atoms with Crippen LogP contribution in [0.1, 0.15) is 28.0 Å². The number of methoxy groups -OCH3 is 1. The van der Waals surface area contributed by atoms with Crippen molar-refractivity contribution in [2.75, 3.05) is 20.3 Å². The molecule has 1 amide bonds. The van der Waals surface area contributed by atoms with E-state index < -0.39 is 0 Å². The molecule has 5 nitrogen and oxygen atoms in total. The van der Waals surface area contributed by atoms with E-state index in [9.17, 15) is 4.79 Å². The van der Waals surface area contributed by atoms with E-state index in [1.807, 2.05) is 18.2 Å². The summed E-state index contributed by atoms with van der Waals surface area (Å²) in [5, 5.41) is 4.34. The normalized spacial score (nSPS) is 28.6. The second kappa shape index (κ2) is 5.90. The molecule has 2 fully saturated rings. The third-order valence-corrected chi connectivity index (χ3v) is 5.76. The van der Waals surface area contributed by atoms with E-state index in [1.165, 1.54) is 5.56 Å². The number of hydrogen-bond donors (Lipinski definition) is 2. The number of H-pyrrole nitrogens is 1. The molecule has 1 aromatic heterocycles. The number of aromatic nitrogens is 1. The Labute approximate surface area is 141 Å². The maximum Gasteiger partial charge on any atom is 0.251 e. The van der Waals surface area contributed by atoms with Crippen LogP contribution in [0.25, 0.3) is 10.9 Å². The van der Waals surface area contributed by atoms with Gasteiger partial charge in [-0.25, -0.2) is 0 Å². The molecule has 4 rings (SSSR count). The molecule has 128 valence electrons. The summed E-state index contributed by atoms with van der Waals surface area (Å²) >= 11 is 0.